The number of aryl methyl sites for hydroxylation is 2. The first-order valence-electron chi connectivity index (χ1n) is 8.08. The minimum Gasteiger partial charge on any atom is -0.223 e. The van der Waals surface area contributed by atoms with Crippen LogP contribution in [0.1, 0.15) is 17.5 Å². The zero-order chi connectivity index (χ0) is 18.2. The summed E-state index contributed by atoms with van der Waals surface area (Å²) in [7, 11) is -7.21. The Balaban J connectivity index is 1.83. The van der Waals surface area contributed by atoms with E-state index in [0.29, 0.717) is 6.42 Å². The molecule has 3 rings (SSSR count). The Morgan fingerprint density at radius 1 is 0.800 bits per heavy atom. The quantitative estimate of drug-likeness (QED) is 0.818. The molecule has 134 valence electrons. The molecule has 1 aliphatic rings. The highest BCUT2D eigenvalue weighted by molar-refractivity contribution is 7.92. The van der Waals surface area contributed by atoms with Gasteiger partial charge in [-0.2, -0.15) is 4.31 Å². The Kier molecular flexibility index (Phi) is 4.74. The molecule has 1 saturated heterocycles. The molecule has 0 aliphatic carbocycles. The Morgan fingerprint density at radius 2 is 1.28 bits per heavy atom. The summed E-state index contributed by atoms with van der Waals surface area (Å²) in [5, 5.41) is -0.713. The minimum atomic E-state index is -3.67. The summed E-state index contributed by atoms with van der Waals surface area (Å²) in [6, 6.07) is 13.3. The maximum absolute atomic E-state index is 12.8. The van der Waals surface area contributed by atoms with Crippen molar-refractivity contribution in [2.24, 2.45) is 0 Å². The minimum absolute atomic E-state index is 0.00752. The van der Waals surface area contributed by atoms with E-state index in [9.17, 15) is 16.8 Å². The molecule has 0 radical (unpaired) electrons. The van der Waals surface area contributed by atoms with Gasteiger partial charge in [0.1, 0.15) is 0 Å². The standard InChI is InChI=1S/C18H21NO4S2/c1-14-3-7-16(8-4-14)24(20,21)18-11-12-19(13-18)25(22,23)17-9-5-15(2)6-10-17/h3-10,18H,11-13H2,1-2H3. The summed E-state index contributed by atoms with van der Waals surface area (Å²) >= 11 is 0. The number of sulfonamides is 1. The number of benzene rings is 2. The van der Waals surface area contributed by atoms with E-state index in [1.165, 1.54) is 4.31 Å². The fourth-order valence-corrected chi connectivity index (χ4v) is 6.24. The van der Waals surface area contributed by atoms with E-state index in [0.717, 1.165) is 11.1 Å². The van der Waals surface area contributed by atoms with Crippen molar-refractivity contribution in [3.63, 3.8) is 0 Å². The molecule has 0 N–H and O–H groups in total. The lowest BCUT2D eigenvalue weighted by Crippen LogP contribution is -2.32. The fraction of sp³-hybridized carbons (Fsp3) is 0.333. The molecule has 0 spiro atoms. The van der Waals surface area contributed by atoms with E-state index in [1.54, 1.807) is 48.5 Å². The van der Waals surface area contributed by atoms with Gasteiger partial charge in [0.05, 0.1) is 15.0 Å². The average molecular weight is 380 g/mol. The molecule has 1 unspecified atom stereocenters. The van der Waals surface area contributed by atoms with Crippen molar-refractivity contribution in [2.75, 3.05) is 13.1 Å². The number of nitrogens with zero attached hydrogens (tertiary/aromatic N) is 1. The van der Waals surface area contributed by atoms with Crippen molar-refractivity contribution in [1.29, 1.82) is 0 Å². The van der Waals surface area contributed by atoms with Gasteiger partial charge < -0.3 is 0 Å². The number of sulfone groups is 1. The summed E-state index contributed by atoms with van der Waals surface area (Å²) in [5.74, 6) is 0. The smallest absolute Gasteiger partial charge is 0.223 e. The Morgan fingerprint density at radius 3 is 1.80 bits per heavy atom. The van der Waals surface area contributed by atoms with Gasteiger partial charge in [-0.15, -0.1) is 0 Å². The molecule has 5 nitrogen and oxygen atoms in total. The highest BCUT2D eigenvalue weighted by Gasteiger charge is 2.39. The van der Waals surface area contributed by atoms with Crippen LogP contribution in [0, 0.1) is 13.8 Å². The molecule has 2 aromatic rings. The Bertz CT molecular complexity index is 881. The molecule has 1 fully saturated rings. The zero-order valence-electron chi connectivity index (χ0n) is 14.2. The van der Waals surface area contributed by atoms with Gasteiger partial charge in [0.2, 0.25) is 10.0 Å². The summed E-state index contributed by atoms with van der Waals surface area (Å²) in [4.78, 5) is 0.448. The van der Waals surface area contributed by atoms with Gasteiger partial charge in [-0.25, -0.2) is 16.8 Å². The monoisotopic (exact) mass is 379 g/mol. The van der Waals surface area contributed by atoms with E-state index in [-0.39, 0.29) is 22.9 Å². The van der Waals surface area contributed by atoms with Crippen LogP contribution < -0.4 is 0 Å². The molecule has 1 heterocycles. The second-order valence-corrected chi connectivity index (χ2v) is 10.6. The van der Waals surface area contributed by atoms with Crippen molar-refractivity contribution in [3.05, 3.63) is 59.7 Å². The molecule has 0 aromatic heterocycles. The second kappa shape index (κ2) is 6.55. The predicted molar refractivity (Wildman–Crippen MR) is 96.7 cm³/mol. The molecule has 7 heteroatoms. The van der Waals surface area contributed by atoms with Crippen molar-refractivity contribution in [2.45, 2.75) is 35.3 Å². The lowest BCUT2D eigenvalue weighted by atomic mass is 10.2. The third kappa shape index (κ3) is 3.49. The van der Waals surface area contributed by atoms with Crippen LogP contribution in [0.25, 0.3) is 0 Å². The highest BCUT2D eigenvalue weighted by Crippen LogP contribution is 2.28. The van der Waals surface area contributed by atoms with Gasteiger partial charge >= 0.3 is 0 Å². The van der Waals surface area contributed by atoms with E-state index in [1.807, 2.05) is 13.8 Å². The van der Waals surface area contributed by atoms with Crippen LogP contribution in [0.5, 0.6) is 0 Å². The Hall–Kier alpha value is -1.70. The van der Waals surface area contributed by atoms with E-state index in [2.05, 4.69) is 0 Å². The van der Waals surface area contributed by atoms with Crippen LogP contribution in [-0.2, 0) is 19.9 Å². The topological polar surface area (TPSA) is 71.5 Å². The maximum atomic E-state index is 12.8. The van der Waals surface area contributed by atoms with Gasteiger partial charge in [0.25, 0.3) is 0 Å². The third-order valence-electron chi connectivity index (χ3n) is 4.55. The van der Waals surface area contributed by atoms with Crippen LogP contribution in [0.4, 0.5) is 0 Å². The first-order valence-corrected chi connectivity index (χ1v) is 11.1. The van der Waals surface area contributed by atoms with E-state index < -0.39 is 25.1 Å². The van der Waals surface area contributed by atoms with Crippen LogP contribution >= 0.6 is 0 Å². The number of hydrogen-bond donors (Lipinski definition) is 0. The molecule has 2 aromatic carbocycles. The lowest BCUT2D eigenvalue weighted by molar-refractivity contribution is 0.476. The fourth-order valence-electron chi connectivity index (χ4n) is 2.95. The molecule has 0 saturated carbocycles. The van der Waals surface area contributed by atoms with Crippen molar-refractivity contribution < 1.29 is 16.8 Å². The van der Waals surface area contributed by atoms with Crippen LogP contribution in [0.15, 0.2) is 58.3 Å². The summed E-state index contributed by atoms with van der Waals surface area (Å²) in [6.07, 6.45) is 0.307. The second-order valence-electron chi connectivity index (χ2n) is 6.44. The molecule has 25 heavy (non-hydrogen) atoms. The van der Waals surface area contributed by atoms with Crippen LogP contribution in [0.3, 0.4) is 0 Å². The van der Waals surface area contributed by atoms with Crippen molar-refractivity contribution in [3.8, 4) is 0 Å². The van der Waals surface area contributed by atoms with Crippen LogP contribution in [0.2, 0.25) is 0 Å². The van der Waals surface area contributed by atoms with Gasteiger partial charge in [0, 0.05) is 13.1 Å². The first kappa shape index (κ1) is 18.1. The molecule has 0 bridgehead atoms. The van der Waals surface area contributed by atoms with Gasteiger partial charge in [-0.3, -0.25) is 0 Å². The number of hydrogen-bond acceptors (Lipinski definition) is 4. The van der Waals surface area contributed by atoms with Crippen LogP contribution in [-0.4, -0.2) is 39.5 Å². The predicted octanol–water partition coefficient (Wildman–Crippen LogP) is 2.54. The molecule has 1 aliphatic heterocycles. The highest BCUT2D eigenvalue weighted by atomic mass is 32.2. The molecular formula is C18H21NO4S2. The van der Waals surface area contributed by atoms with Gasteiger partial charge in [-0.1, -0.05) is 35.4 Å². The normalized spacial score (nSPS) is 19.2. The summed E-state index contributed by atoms with van der Waals surface area (Å²) in [6.45, 7) is 3.98. The lowest BCUT2D eigenvalue weighted by Gasteiger charge is -2.17. The summed E-state index contributed by atoms with van der Waals surface area (Å²) in [5.41, 5.74) is 1.95. The number of rotatable bonds is 4. The van der Waals surface area contributed by atoms with E-state index >= 15 is 0 Å². The molecule has 1 atom stereocenters. The SMILES string of the molecule is Cc1ccc(S(=O)(=O)C2CCN(S(=O)(=O)c3ccc(C)cc3)C2)cc1. The largest absolute Gasteiger partial charge is 0.243 e. The Labute approximate surface area is 149 Å². The first-order chi connectivity index (χ1) is 11.7. The third-order valence-corrected chi connectivity index (χ3v) is 8.63. The molecule has 0 amide bonds. The van der Waals surface area contributed by atoms with Gasteiger partial charge in [0.15, 0.2) is 9.84 Å². The average Bonchev–Trinajstić information content (AvgIpc) is 3.07. The van der Waals surface area contributed by atoms with Crippen molar-refractivity contribution >= 4 is 19.9 Å². The van der Waals surface area contributed by atoms with Gasteiger partial charge in [-0.05, 0) is 44.5 Å². The maximum Gasteiger partial charge on any atom is 0.243 e. The zero-order valence-corrected chi connectivity index (χ0v) is 15.8. The summed E-state index contributed by atoms with van der Waals surface area (Å²) < 4.78 is 52.3. The molecular weight excluding hydrogens is 358 g/mol. The van der Waals surface area contributed by atoms with E-state index in [4.69, 9.17) is 0 Å². The van der Waals surface area contributed by atoms with Crippen molar-refractivity contribution in [1.82, 2.24) is 4.31 Å².